The highest BCUT2D eigenvalue weighted by Gasteiger charge is 2.34. The molecule has 10 nitrogen and oxygen atoms in total. The minimum Gasteiger partial charge on any atom is -0.476 e. The summed E-state index contributed by atoms with van der Waals surface area (Å²) in [6, 6.07) is 7.72. The van der Waals surface area contributed by atoms with Crippen molar-refractivity contribution in [3.05, 3.63) is 40.3 Å². The molecule has 1 aromatic heterocycles. The Kier molecular flexibility index (Phi) is 6.46. The summed E-state index contributed by atoms with van der Waals surface area (Å²) in [7, 11) is 0. The van der Waals surface area contributed by atoms with Gasteiger partial charge in [0.2, 0.25) is 11.8 Å². The number of hydrogen-bond acceptors (Lipinski definition) is 7. The Balaban J connectivity index is 1.83. The molecular formula is C23H29N5O5. The average Bonchev–Trinajstić information content (AvgIpc) is 2.75. The van der Waals surface area contributed by atoms with Gasteiger partial charge in [0.05, 0.1) is 11.0 Å². The number of carbonyl (C=O) groups is 2. The van der Waals surface area contributed by atoms with E-state index in [-0.39, 0.29) is 17.7 Å². The van der Waals surface area contributed by atoms with E-state index in [1.807, 2.05) is 12.1 Å². The monoisotopic (exact) mass is 455 g/mol. The molecule has 1 aromatic carbocycles. The number of piperidine rings is 2. The molecule has 3 heterocycles. The number of carbonyl (C=O) groups excluding carboxylic acids is 1. The van der Waals surface area contributed by atoms with Gasteiger partial charge in [-0.3, -0.25) is 9.59 Å². The van der Waals surface area contributed by atoms with Crippen molar-refractivity contribution in [2.45, 2.75) is 70.2 Å². The van der Waals surface area contributed by atoms with E-state index in [9.17, 15) is 19.5 Å². The number of fused-ring (bicyclic) bond motifs is 3. The van der Waals surface area contributed by atoms with E-state index in [0.717, 1.165) is 32.1 Å². The molecule has 2 bridgehead atoms. The number of carboxylic acids is 1. The first-order valence-corrected chi connectivity index (χ1v) is 11.3. The van der Waals surface area contributed by atoms with Crippen LogP contribution in [0.4, 0.5) is 0 Å². The number of rotatable bonds is 7. The lowest BCUT2D eigenvalue weighted by molar-refractivity contribution is -0.134. The topological polar surface area (TPSA) is 149 Å². The lowest BCUT2D eigenvalue weighted by Gasteiger charge is -2.41. The fourth-order valence-electron chi connectivity index (χ4n) is 4.91. The number of nitrogens with two attached hydrogens (primary N) is 1. The molecule has 176 valence electrons. The molecule has 0 spiro atoms. The number of hydrogen-bond donors (Lipinski definition) is 3. The fraction of sp³-hybridized carbons (Fsp3) is 0.522. The number of carboxylic acid groups (broad SMARTS) is 1. The first-order valence-electron chi connectivity index (χ1n) is 11.3. The largest absolute Gasteiger partial charge is 0.476 e. The molecule has 33 heavy (non-hydrogen) atoms. The fourth-order valence-corrected chi connectivity index (χ4v) is 4.91. The summed E-state index contributed by atoms with van der Waals surface area (Å²) in [4.78, 5) is 46.9. The number of nitrogens with zero attached hydrogens (tertiary/aromatic N) is 3. The van der Waals surface area contributed by atoms with Crippen LogP contribution in [0.1, 0.15) is 57.7 Å². The molecule has 4 N–H and O–H groups in total. The molecule has 0 radical (unpaired) electrons. The maximum atomic E-state index is 13.6. The van der Waals surface area contributed by atoms with Crippen molar-refractivity contribution in [2.24, 2.45) is 16.8 Å². The Morgan fingerprint density at radius 2 is 1.91 bits per heavy atom. The Hall–Kier alpha value is -3.27. The van der Waals surface area contributed by atoms with Crippen molar-refractivity contribution in [3.8, 4) is 0 Å². The summed E-state index contributed by atoms with van der Waals surface area (Å²) in [6.45, 7) is 3.39. The van der Waals surface area contributed by atoms with Crippen LogP contribution in [-0.2, 0) is 14.4 Å². The minimum absolute atomic E-state index is 0.0919. The summed E-state index contributed by atoms with van der Waals surface area (Å²) < 4.78 is 1.66. The van der Waals surface area contributed by atoms with E-state index in [1.54, 1.807) is 30.5 Å². The van der Waals surface area contributed by atoms with Crippen molar-refractivity contribution in [2.75, 3.05) is 0 Å². The van der Waals surface area contributed by atoms with Gasteiger partial charge < -0.3 is 25.6 Å². The van der Waals surface area contributed by atoms with Gasteiger partial charge in [0.15, 0.2) is 5.69 Å². The Morgan fingerprint density at radius 3 is 2.52 bits per heavy atom. The summed E-state index contributed by atoms with van der Waals surface area (Å²) >= 11 is 0. The molecular weight excluding hydrogens is 426 g/mol. The van der Waals surface area contributed by atoms with Gasteiger partial charge in [-0.15, -0.1) is 0 Å². The molecule has 0 aliphatic carbocycles. The summed E-state index contributed by atoms with van der Waals surface area (Å²) in [5, 5.41) is 17.1. The number of aliphatic carboxylic acids is 1. The lowest BCUT2D eigenvalue weighted by atomic mass is 9.84. The van der Waals surface area contributed by atoms with Crippen LogP contribution < -0.4 is 16.6 Å². The second kappa shape index (κ2) is 9.30. The molecule has 1 amide bonds. The van der Waals surface area contributed by atoms with Crippen LogP contribution in [0, 0.1) is 5.92 Å². The molecule has 0 saturated carbocycles. The highest BCUT2D eigenvalue weighted by Crippen LogP contribution is 2.33. The van der Waals surface area contributed by atoms with Crippen molar-refractivity contribution in [1.29, 1.82) is 0 Å². The molecule has 2 fully saturated rings. The van der Waals surface area contributed by atoms with Crippen molar-refractivity contribution >= 4 is 28.6 Å². The number of aromatic nitrogens is 2. The molecule has 2 aromatic rings. The number of oxime groups is 1. The second-order valence-corrected chi connectivity index (χ2v) is 9.16. The molecule has 4 rings (SSSR count). The highest BCUT2D eigenvalue weighted by molar-refractivity contribution is 6.41. The quantitative estimate of drug-likeness (QED) is 0.424. The average molecular weight is 456 g/mol. The second-order valence-electron chi connectivity index (χ2n) is 9.16. The zero-order valence-electron chi connectivity index (χ0n) is 18.7. The zero-order chi connectivity index (χ0) is 23.7. The Labute approximate surface area is 190 Å². The van der Waals surface area contributed by atoms with Gasteiger partial charge >= 0.3 is 5.97 Å². The summed E-state index contributed by atoms with van der Waals surface area (Å²) in [5.74, 6) is -2.59. The summed E-state index contributed by atoms with van der Waals surface area (Å²) in [5.41, 5.74) is 4.97. The van der Waals surface area contributed by atoms with Gasteiger partial charge in [0, 0.05) is 24.0 Å². The van der Waals surface area contributed by atoms with E-state index in [0.29, 0.717) is 23.1 Å². The van der Waals surface area contributed by atoms with Crippen LogP contribution in [0.5, 0.6) is 0 Å². The van der Waals surface area contributed by atoms with Crippen LogP contribution in [0.15, 0.2) is 34.2 Å². The Morgan fingerprint density at radius 1 is 1.24 bits per heavy atom. The standard InChI is InChI=1S/C23H29N5O5/c1-12(2)20(21(24)29)33-27-19(23(31)32)18-22(30)28(17-9-4-3-8-16(17)26-18)15-10-13-6-5-7-14(11-15)25-13/h3-4,8-9,12-15,20,25H,5-7,10-11H2,1-2H3,(H2,24,29)(H,31,32)/b27-19-. The van der Waals surface area contributed by atoms with Gasteiger partial charge in [-0.2, -0.15) is 0 Å². The van der Waals surface area contributed by atoms with Gasteiger partial charge in [0.1, 0.15) is 0 Å². The van der Waals surface area contributed by atoms with E-state index in [1.165, 1.54) is 0 Å². The predicted octanol–water partition coefficient (Wildman–Crippen LogP) is 1.56. The van der Waals surface area contributed by atoms with Crippen LogP contribution in [0.2, 0.25) is 0 Å². The van der Waals surface area contributed by atoms with E-state index in [4.69, 9.17) is 10.6 Å². The molecule has 3 unspecified atom stereocenters. The molecule has 2 saturated heterocycles. The number of para-hydroxylation sites is 2. The van der Waals surface area contributed by atoms with E-state index in [2.05, 4.69) is 15.5 Å². The SMILES string of the molecule is CC(C)C(O/N=C(\C(=O)O)c1nc2ccccc2n(C2CC3CCCC(C2)N3)c1=O)C(N)=O. The third kappa shape index (κ3) is 4.61. The van der Waals surface area contributed by atoms with Gasteiger partial charge in [-0.25, -0.2) is 9.78 Å². The van der Waals surface area contributed by atoms with Gasteiger partial charge in [-0.1, -0.05) is 37.6 Å². The highest BCUT2D eigenvalue weighted by atomic mass is 16.6. The third-order valence-corrected chi connectivity index (χ3v) is 6.42. The van der Waals surface area contributed by atoms with Gasteiger partial charge in [-0.05, 0) is 37.8 Å². The number of benzene rings is 1. The zero-order valence-corrected chi connectivity index (χ0v) is 18.7. The smallest absolute Gasteiger partial charge is 0.360 e. The molecule has 2 aliphatic heterocycles. The first-order chi connectivity index (χ1) is 15.8. The van der Waals surface area contributed by atoms with E-state index >= 15 is 0 Å². The Bertz CT molecular complexity index is 1150. The molecule has 3 atom stereocenters. The molecule has 10 heteroatoms. The van der Waals surface area contributed by atoms with Crippen LogP contribution in [-0.4, -0.2) is 50.4 Å². The van der Waals surface area contributed by atoms with Crippen molar-refractivity contribution < 1.29 is 19.5 Å². The summed E-state index contributed by atoms with van der Waals surface area (Å²) in [6.07, 6.45) is 3.68. The number of nitrogens with one attached hydrogen (secondary N) is 1. The van der Waals surface area contributed by atoms with Crippen molar-refractivity contribution in [3.63, 3.8) is 0 Å². The van der Waals surface area contributed by atoms with Crippen LogP contribution >= 0.6 is 0 Å². The van der Waals surface area contributed by atoms with Gasteiger partial charge in [0.25, 0.3) is 11.5 Å². The number of primary amides is 1. The normalized spacial score (nSPS) is 24.0. The minimum atomic E-state index is -1.48. The maximum Gasteiger partial charge on any atom is 0.360 e. The first kappa shape index (κ1) is 22.9. The maximum absolute atomic E-state index is 13.6. The number of amides is 1. The third-order valence-electron chi connectivity index (χ3n) is 6.42. The van der Waals surface area contributed by atoms with E-state index < -0.39 is 29.3 Å². The van der Waals surface area contributed by atoms with Crippen molar-refractivity contribution in [1.82, 2.24) is 14.9 Å². The van der Waals surface area contributed by atoms with Crippen LogP contribution in [0.3, 0.4) is 0 Å². The molecule has 2 aliphatic rings. The lowest BCUT2D eigenvalue weighted by Crippen LogP contribution is -2.50. The predicted molar refractivity (Wildman–Crippen MR) is 122 cm³/mol. The van der Waals surface area contributed by atoms with Crippen LogP contribution in [0.25, 0.3) is 11.0 Å².